The molecule has 3 rings (SSSR count). The van der Waals surface area contributed by atoms with E-state index in [1.807, 2.05) is 18.2 Å². The van der Waals surface area contributed by atoms with Crippen molar-refractivity contribution < 1.29 is 17.9 Å². The molecule has 1 aromatic carbocycles. The molecule has 0 radical (unpaired) electrons. The third kappa shape index (κ3) is 5.39. The minimum absolute atomic E-state index is 0.0394. The van der Waals surface area contributed by atoms with E-state index in [0.29, 0.717) is 18.1 Å². The van der Waals surface area contributed by atoms with Gasteiger partial charge in [-0.1, -0.05) is 6.07 Å². The van der Waals surface area contributed by atoms with Crippen molar-refractivity contribution in [1.82, 2.24) is 19.5 Å². The summed E-state index contributed by atoms with van der Waals surface area (Å²) in [5, 5.41) is 6.86. The molecule has 0 saturated carbocycles. The van der Waals surface area contributed by atoms with Crippen molar-refractivity contribution in [3.8, 4) is 5.75 Å². The van der Waals surface area contributed by atoms with Crippen molar-refractivity contribution in [1.29, 1.82) is 0 Å². The lowest BCUT2D eigenvalue weighted by molar-refractivity contribution is -0.117. The summed E-state index contributed by atoms with van der Waals surface area (Å²) in [6.07, 6.45) is 3.40. The second kappa shape index (κ2) is 8.84. The topological polar surface area (TPSA) is 115 Å². The Kier molecular flexibility index (Phi) is 6.25. The van der Waals surface area contributed by atoms with Crippen LogP contribution in [0.2, 0.25) is 0 Å². The van der Waals surface area contributed by atoms with Crippen LogP contribution in [0.3, 0.4) is 0 Å². The van der Waals surface area contributed by atoms with Crippen molar-refractivity contribution in [2.45, 2.75) is 24.4 Å². The van der Waals surface area contributed by atoms with Crippen LogP contribution in [0.25, 0.3) is 0 Å². The van der Waals surface area contributed by atoms with Crippen molar-refractivity contribution >= 4 is 21.7 Å². The highest BCUT2D eigenvalue weighted by Crippen LogP contribution is 2.16. The smallest absolute Gasteiger partial charge is 0.243 e. The molecule has 9 nitrogen and oxygen atoms in total. The van der Waals surface area contributed by atoms with E-state index in [-0.39, 0.29) is 4.90 Å². The molecule has 0 fully saturated rings. The Morgan fingerprint density at radius 3 is 2.59 bits per heavy atom. The van der Waals surface area contributed by atoms with Gasteiger partial charge in [0.25, 0.3) is 0 Å². The largest absolute Gasteiger partial charge is 0.497 e. The SMILES string of the molecule is COc1ccc(S(=O)(=O)N[C@@H](C)C(=O)Nc2ccn(Cc3ccccn3)n2)cc1. The Balaban J connectivity index is 1.60. The summed E-state index contributed by atoms with van der Waals surface area (Å²) >= 11 is 0. The lowest BCUT2D eigenvalue weighted by atomic mass is 10.3. The molecule has 0 aliphatic rings. The fourth-order valence-electron chi connectivity index (χ4n) is 2.52. The highest BCUT2D eigenvalue weighted by atomic mass is 32.2. The number of amides is 1. The normalized spacial score (nSPS) is 12.3. The Hall–Kier alpha value is -3.24. The molecule has 1 amide bonds. The highest BCUT2D eigenvalue weighted by Gasteiger charge is 2.22. The van der Waals surface area contributed by atoms with Crippen LogP contribution in [0.1, 0.15) is 12.6 Å². The van der Waals surface area contributed by atoms with E-state index in [4.69, 9.17) is 4.74 Å². The summed E-state index contributed by atoms with van der Waals surface area (Å²) < 4.78 is 33.9. The fourth-order valence-corrected chi connectivity index (χ4v) is 3.72. The number of anilines is 1. The van der Waals surface area contributed by atoms with E-state index in [0.717, 1.165) is 5.69 Å². The van der Waals surface area contributed by atoms with Gasteiger partial charge in [0.05, 0.1) is 30.3 Å². The van der Waals surface area contributed by atoms with Crippen LogP contribution in [0, 0.1) is 0 Å². The molecular weight excluding hydrogens is 394 g/mol. The molecule has 0 unspecified atom stereocenters. The maximum Gasteiger partial charge on any atom is 0.243 e. The predicted octanol–water partition coefficient (Wildman–Crippen LogP) is 1.64. The molecule has 0 aliphatic carbocycles. The monoisotopic (exact) mass is 415 g/mol. The van der Waals surface area contributed by atoms with Crippen molar-refractivity contribution in [2.24, 2.45) is 0 Å². The third-order valence-corrected chi connectivity index (χ3v) is 5.59. The number of carbonyl (C=O) groups is 1. The van der Waals surface area contributed by atoms with Gasteiger partial charge in [-0.3, -0.25) is 14.5 Å². The zero-order valence-corrected chi connectivity index (χ0v) is 16.8. The second-order valence-corrected chi connectivity index (χ2v) is 7.94. The van der Waals surface area contributed by atoms with Crippen LogP contribution in [0.4, 0.5) is 5.82 Å². The number of sulfonamides is 1. The Bertz CT molecular complexity index is 1070. The van der Waals surface area contributed by atoms with E-state index < -0.39 is 22.0 Å². The molecule has 2 aromatic heterocycles. The summed E-state index contributed by atoms with van der Waals surface area (Å²) in [7, 11) is -2.37. The first-order valence-corrected chi connectivity index (χ1v) is 10.3. The Morgan fingerprint density at radius 2 is 1.93 bits per heavy atom. The van der Waals surface area contributed by atoms with Crippen LogP contribution < -0.4 is 14.8 Å². The van der Waals surface area contributed by atoms with E-state index in [9.17, 15) is 13.2 Å². The zero-order valence-electron chi connectivity index (χ0n) is 15.9. The van der Waals surface area contributed by atoms with Crippen LogP contribution in [0.15, 0.2) is 65.8 Å². The molecule has 1 atom stereocenters. The van der Waals surface area contributed by atoms with Gasteiger partial charge in [-0.15, -0.1) is 0 Å². The maximum absolute atomic E-state index is 12.4. The van der Waals surface area contributed by atoms with Crippen molar-refractivity contribution in [2.75, 3.05) is 12.4 Å². The van der Waals surface area contributed by atoms with Gasteiger partial charge < -0.3 is 10.1 Å². The molecule has 152 valence electrons. The summed E-state index contributed by atoms with van der Waals surface area (Å²) in [6, 6.07) is 12.1. The van der Waals surface area contributed by atoms with Gasteiger partial charge >= 0.3 is 0 Å². The van der Waals surface area contributed by atoms with E-state index in [1.165, 1.54) is 38.3 Å². The summed E-state index contributed by atoms with van der Waals surface area (Å²) in [6.45, 7) is 1.91. The van der Waals surface area contributed by atoms with Gasteiger partial charge in [-0.2, -0.15) is 9.82 Å². The van der Waals surface area contributed by atoms with Gasteiger partial charge in [0.15, 0.2) is 5.82 Å². The quantitative estimate of drug-likeness (QED) is 0.578. The average Bonchev–Trinajstić information content (AvgIpc) is 3.15. The number of ether oxygens (including phenoxy) is 1. The third-order valence-electron chi connectivity index (χ3n) is 4.04. The number of methoxy groups -OCH3 is 1. The molecular formula is C19H21N5O4S. The first kappa shape index (κ1) is 20.5. The number of benzene rings is 1. The Morgan fingerprint density at radius 1 is 1.17 bits per heavy atom. The lowest BCUT2D eigenvalue weighted by Gasteiger charge is -2.14. The highest BCUT2D eigenvalue weighted by molar-refractivity contribution is 7.89. The number of nitrogens with one attached hydrogen (secondary N) is 2. The summed E-state index contributed by atoms with van der Waals surface area (Å²) in [5.41, 5.74) is 0.828. The first-order valence-electron chi connectivity index (χ1n) is 8.78. The van der Waals surface area contributed by atoms with Gasteiger partial charge in [-0.25, -0.2) is 8.42 Å². The number of carbonyl (C=O) groups excluding carboxylic acids is 1. The molecule has 0 bridgehead atoms. The van der Waals surface area contributed by atoms with Crippen LogP contribution in [-0.2, 0) is 21.4 Å². The van der Waals surface area contributed by atoms with Crippen LogP contribution in [0.5, 0.6) is 5.75 Å². The molecule has 2 heterocycles. The van der Waals surface area contributed by atoms with Gasteiger partial charge in [-0.05, 0) is 43.3 Å². The second-order valence-electron chi connectivity index (χ2n) is 6.23. The molecule has 29 heavy (non-hydrogen) atoms. The number of nitrogens with zero attached hydrogens (tertiary/aromatic N) is 3. The average molecular weight is 415 g/mol. The molecule has 0 aliphatic heterocycles. The van der Waals surface area contributed by atoms with Crippen LogP contribution in [-0.4, -0.2) is 42.2 Å². The van der Waals surface area contributed by atoms with Crippen LogP contribution >= 0.6 is 0 Å². The van der Waals surface area contributed by atoms with E-state index >= 15 is 0 Å². The number of hydrogen-bond donors (Lipinski definition) is 2. The molecule has 10 heteroatoms. The standard InChI is InChI=1S/C19H21N5O4S/c1-14(23-29(26,27)17-8-6-16(28-2)7-9-17)19(25)21-18-10-12-24(22-18)13-15-5-3-4-11-20-15/h3-12,14,23H,13H2,1-2H3,(H,21,22,25)/t14-/m0/s1. The number of rotatable bonds is 8. The molecule has 0 saturated heterocycles. The number of pyridine rings is 1. The van der Waals surface area contributed by atoms with Crippen molar-refractivity contribution in [3.63, 3.8) is 0 Å². The van der Waals surface area contributed by atoms with Crippen molar-refractivity contribution in [3.05, 3.63) is 66.6 Å². The lowest BCUT2D eigenvalue weighted by Crippen LogP contribution is -2.41. The summed E-state index contributed by atoms with van der Waals surface area (Å²) in [5.74, 6) is 0.336. The molecule has 0 spiro atoms. The van der Waals surface area contributed by atoms with E-state index in [1.54, 1.807) is 23.1 Å². The van der Waals surface area contributed by atoms with E-state index in [2.05, 4.69) is 20.1 Å². The number of aromatic nitrogens is 3. The molecule has 2 N–H and O–H groups in total. The number of hydrogen-bond acceptors (Lipinski definition) is 6. The summed E-state index contributed by atoms with van der Waals surface area (Å²) in [4.78, 5) is 16.6. The maximum atomic E-state index is 12.4. The fraction of sp³-hybridized carbons (Fsp3) is 0.211. The van der Waals surface area contributed by atoms with Gasteiger partial charge in [0.2, 0.25) is 15.9 Å². The Labute approximate surface area is 168 Å². The van der Waals surface area contributed by atoms with Gasteiger partial charge in [0.1, 0.15) is 5.75 Å². The predicted molar refractivity (Wildman–Crippen MR) is 107 cm³/mol. The minimum Gasteiger partial charge on any atom is -0.497 e. The zero-order chi connectivity index (χ0) is 20.9. The minimum atomic E-state index is -3.86. The van der Waals surface area contributed by atoms with Gasteiger partial charge in [0, 0.05) is 18.5 Å². The molecule has 3 aromatic rings. The first-order chi connectivity index (χ1) is 13.9.